The van der Waals surface area contributed by atoms with Crippen molar-refractivity contribution < 1.29 is 9.53 Å². The minimum atomic E-state index is 0.00750. The molecule has 0 radical (unpaired) electrons. The third-order valence-corrected chi connectivity index (χ3v) is 3.12. The fourth-order valence-electron chi connectivity index (χ4n) is 2.29. The van der Waals surface area contributed by atoms with E-state index in [1.807, 2.05) is 11.8 Å². The summed E-state index contributed by atoms with van der Waals surface area (Å²) in [6, 6.07) is 0. The summed E-state index contributed by atoms with van der Waals surface area (Å²) in [5.41, 5.74) is 0. The van der Waals surface area contributed by atoms with E-state index in [4.69, 9.17) is 4.74 Å². The second-order valence-electron chi connectivity index (χ2n) is 3.98. The molecule has 1 aliphatic heterocycles. The number of carbonyl (C=O) groups is 1. The summed E-state index contributed by atoms with van der Waals surface area (Å²) in [4.78, 5) is 13.8. The Balaban J connectivity index is 1.95. The molecule has 1 unspecified atom stereocenters. The van der Waals surface area contributed by atoms with Gasteiger partial charge >= 0.3 is 0 Å². The van der Waals surface area contributed by atoms with Crippen molar-refractivity contribution in [2.75, 3.05) is 13.2 Å². The summed E-state index contributed by atoms with van der Waals surface area (Å²) in [5.74, 6) is 0.617. The summed E-state index contributed by atoms with van der Waals surface area (Å²) in [6.45, 7) is 3.45. The lowest BCUT2D eigenvalue weighted by molar-refractivity contribution is -0.139. The van der Waals surface area contributed by atoms with Crippen molar-refractivity contribution in [2.45, 2.75) is 38.8 Å². The van der Waals surface area contributed by atoms with E-state index in [0.29, 0.717) is 18.4 Å². The van der Waals surface area contributed by atoms with E-state index in [1.54, 1.807) is 0 Å². The van der Waals surface area contributed by atoms with Gasteiger partial charge in [-0.05, 0) is 19.8 Å². The highest BCUT2D eigenvalue weighted by atomic mass is 16.5. The van der Waals surface area contributed by atoms with Crippen LogP contribution in [0, 0.1) is 5.92 Å². The van der Waals surface area contributed by atoms with Crippen LogP contribution in [-0.2, 0) is 9.53 Å². The van der Waals surface area contributed by atoms with Crippen LogP contribution >= 0.6 is 0 Å². The molecule has 1 atom stereocenters. The standard InChI is InChI=1S/C10H17NO2/c1-8-11(6-7-13-8)10(12)9-4-2-3-5-9/h8-9H,2-7H2,1H3. The lowest BCUT2D eigenvalue weighted by Gasteiger charge is -2.22. The topological polar surface area (TPSA) is 29.5 Å². The van der Waals surface area contributed by atoms with E-state index in [9.17, 15) is 4.79 Å². The van der Waals surface area contributed by atoms with Gasteiger partial charge in [0.1, 0.15) is 6.23 Å². The van der Waals surface area contributed by atoms with Crippen LogP contribution in [0.2, 0.25) is 0 Å². The molecule has 13 heavy (non-hydrogen) atoms. The van der Waals surface area contributed by atoms with Gasteiger partial charge in [0.05, 0.1) is 6.61 Å². The second kappa shape index (κ2) is 3.66. The third-order valence-electron chi connectivity index (χ3n) is 3.12. The lowest BCUT2D eigenvalue weighted by atomic mass is 10.1. The monoisotopic (exact) mass is 183 g/mol. The van der Waals surface area contributed by atoms with Gasteiger partial charge in [0, 0.05) is 12.5 Å². The molecule has 3 heteroatoms. The molecule has 1 amide bonds. The number of carbonyl (C=O) groups excluding carboxylic acids is 1. The van der Waals surface area contributed by atoms with Gasteiger partial charge in [-0.1, -0.05) is 12.8 Å². The summed E-state index contributed by atoms with van der Waals surface area (Å²) >= 11 is 0. The average Bonchev–Trinajstić information content (AvgIpc) is 2.72. The van der Waals surface area contributed by atoms with Crippen LogP contribution in [0.15, 0.2) is 0 Å². The van der Waals surface area contributed by atoms with Gasteiger partial charge < -0.3 is 9.64 Å². The quantitative estimate of drug-likeness (QED) is 0.614. The van der Waals surface area contributed by atoms with Crippen molar-refractivity contribution >= 4 is 5.91 Å². The SMILES string of the molecule is CC1OCCN1C(=O)C1CCCC1. The highest BCUT2D eigenvalue weighted by Gasteiger charge is 2.32. The summed E-state index contributed by atoms with van der Waals surface area (Å²) in [7, 11) is 0. The van der Waals surface area contributed by atoms with Crippen molar-refractivity contribution in [3.63, 3.8) is 0 Å². The Labute approximate surface area is 79.0 Å². The van der Waals surface area contributed by atoms with Crippen LogP contribution in [0.1, 0.15) is 32.6 Å². The van der Waals surface area contributed by atoms with Gasteiger partial charge in [-0.3, -0.25) is 4.79 Å². The third kappa shape index (κ3) is 1.70. The van der Waals surface area contributed by atoms with Crippen LogP contribution in [0.3, 0.4) is 0 Å². The van der Waals surface area contributed by atoms with Gasteiger partial charge in [-0.2, -0.15) is 0 Å². The second-order valence-corrected chi connectivity index (χ2v) is 3.98. The van der Waals surface area contributed by atoms with E-state index in [1.165, 1.54) is 12.8 Å². The van der Waals surface area contributed by atoms with Crippen LogP contribution < -0.4 is 0 Å². The van der Waals surface area contributed by atoms with Gasteiger partial charge in [0.25, 0.3) is 0 Å². The molecule has 2 aliphatic rings. The molecule has 74 valence electrons. The first-order valence-electron chi connectivity index (χ1n) is 5.21. The summed E-state index contributed by atoms with van der Waals surface area (Å²) in [6.07, 6.45) is 4.62. The minimum Gasteiger partial charge on any atom is -0.357 e. The zero-order valence-electron chi connectivity index (χ0n) is 8.16. The molecule has 0 aromatic rings. The predicted molar refractivity (Wildman–Crippen MR) is 49.1 cm³/mol. The van der Waals surface area contributed by atoms with Crippen LogP contribution in [0.4, 0.5) is 0 Å². The van der Waals surface area contributed by atoms with Crippen molar-refractivity contribution in [1.82, 2.24) is 4.90 Å². The maximum absolute atomic E-state index is 11.9. The molecule has 0 spiro atoms. The Bertz CT molecular complexity index is 199. The molecule has 0 N–H and O–H groups in total. The number of amides is 1. The Kier molecular flexibility index (Phi) is 2.54. The first kappa shape index (κ1) is 9.00. The van der Waals surface area contributed by atoms with Gasteiger partial charge in [-0.15, -0.1) is 0 Å². The van der Waals surface area contributed by atoms with Crippen LogP contribution in [-0.4, -0.2) is 30.2 Å². The molecule has 2 rings (SSSR count). The molecule has 1 saturated carbocycles. The Hall–Kier alpha value is -0.570. The maximum atomic E-state index is 11.9. The molecular weight excluding hydrogens is 166 g/mol. The van der Waals surface area contributed by atoms with Crippen molar-refractivity contribution in [2.24, 2.45) is 5.92 Å². The van der Waals surface area contributed by atoms with Crippen LogP contribution in [0.5, 0.6) is 0 Å². The fourth-order valence-corrected chi connectivity index (χ4v) is 2.29. The smallest absolute Gasteiger partial charge is 0.227 e. The molecule has 0 aromatic heterocycles. The highest BCUT2D eigenvalue weighted by Crippen LogP contribution is 2.28. The molecule has 1 heterocycles. The zero-order chi connectivity index (χ0) is 9.26. The normalized spacial score (nSPS) is 29.9. The molecule has 2 fully saturated rings. The van der Waals surface area contributed by atoms with E-state index in [2.05, 4.69) is 0 Å². The number of hydrogen-bond donors (Lipinski definition) is 0. The van der Waals surface area contributed by atoms with Gasteiger partial charge in [0.2, 0.25) is 5.91 Å². The number of ether oxygens (including phenoxy) is 1. The molecular formula is C10H17NO2. The maximum Gasteiger partial charge on any atom is 0.227 e. The van der Waals surface area contributed by atoms with E-state index >= 15 is 0 Å². The molecule has 0 bridgehead atoms. The molecule has 1 aliphatic carbocycles. The largest absolute Gasteiger partial charge is 0.357 e. The van der Waals surface area contributed by atoms with Crippen molar-refractivity contribution in [3.05, 3.63) is 0 Å². The molecule has 1 saturated heterocycles. The number of nitrogens with zero attached hydrogens (tertiary/aromatic N) is 1. The highest BCUT2D eigenvalue weighted by molar-refractivity contribution is 5.79. The van der Waals surface area contributed by atoms with E-state index in [-0.39, 0.29) is 6.23 Å². The zero-order valence-corrected chi connectivity index (χ0v) is 8.16. The van der Waals surface area contributed by atoms with Gasteiger partial charge in [-0.25, -0.2) is 0 Å². The van der Waals surface area contributed by atoms with E-state index < -0.39 is 0 Å². The summed E-state index contributed by atoms with van der Waals surface area (Å²) < 4.78 is 5.35. The minimum absolute atomic E-state index is 0.00750. The van der Waals surface area contributed by atoms with E-state index in [0.717, 1.165) is 19.4 Å². The summed E-state index contributed by atoms with van der Waals surface area (Å²) in [5, 5.41) is 0. The predicted octanol–water partition coefficient (Wildman–Crippen LogP) is 1.38. The first-order chi connectivity index (χ1) is 6.29. The molecule has 0 aromatic carbocycles. The Morgan fingerprint density at radius 3 is 2.62 bits per heavy atom. The fraction of sp³-hybridized carbons (Fsp3) is 0.900. The number of rotatable bonds is 1. The van der Waals surface area contributed by atoms with Crippen LogP contribution in [0.25, 0.3) is 0 Å². The average molecular weight is 183 g/mol. The van der Waals surface area contributed by atoms with Gasteiger partial charge in [0.15, 0.2) is 0 Å². The van der Waals surface area contributed by atoms with Crippen molar-refractivity contribution in [3.8, 4) is 0 Å². The Morgan fingerprint density at radius 1 is 1.38 bits per heavy atom. The lowest BCUT2D eigenvalue weighted by Crippen LogP contribution is -2.37. The molecule has 3 nitrogen and oxygen atoms in total. The van der Waals surface area contributed by atoms with Crippen molar-refractivity contribution in [1.29, 1.82) is 0 Å². The first-order valence-corrected chi connectivity index (χ1v) is 5.21. The Morgan fingerprint density at radius 2 is 2.08 bits per heavy atom. The number of hydrogen-bond acceptors (Lipinski definition) is 2.